The number of pyridine rings is 1. The van der Waals surface area contributed by atoms with Gasteiger partial charge in [-0.25, -0.2) is 9.37 Å². The summed E-state index contributed by atoms with van der Waals surface area (Å²) in [5, 5.41) is 22.4. The van der Waals surface area contributed by atoms with Crippen molar-refractivity contribution in [3.8, 4) is 11.5 Å². The minimum absolute atomic E-state index is 0.0332. The molecule has 2 unspecified atom stereocenters. The van der Waals surface area contributed by atoms with Crippen LogP contribution in [0.4, 0.5) is 35.1 Å². The fourth-order valence-electron chi connectivity index (χ4n) is 4.04. The molecule has 0 saturated carbocycles. The molecule has 6 nitrogen and oxygen atoms in total. The first-order valence-electron chi connectivity index (χ1n) is 11.5. The maximum Gasteiger partial charge on any atom is 0.426 e. The normalized spacial score (nSPS) is 14.2. The van der Waals surface area contributed by atoms with E-state index in [-0.39, 0.29) is 17.0 Å². The van der Waals surface area contributed by atoms with E-state index in [1.165, 1.54) is 18.2 Å². The minimum Gasteiger partial charge on any atom is -0.619 e. The lowest BCUT2D eigenvalue weighted by Gasteiger charge is -2.29. The Hall–Kier alpha value is -3.98. The Balaban J connectivity index is 1.83. The fraction of sp³-hybridized carbons (Fsp3) is 0.231. The number of aliphatic hydroxyl groups is 1. The molecule has 0 saturated heterocycles. The summed E-state index contributed by atoms with van der Waals surface area (Å²) in [5.41, 5.74) is -3.67. The Morgan fingerprint density at radius 3 is 2.10 bits per heavy atom. The predicted molar refractivity (Wildman–Crippen MR) is 128 cm³/mol. The molecule has 15 heteroatoms. The molecular formula is C26H18F8N2O4S. The summed E-state index contributed by atoms with van der Waals surface area (Å²) >= 11 is 0.444. The predicted octanol–water partition coefficient (Wildman–Crippen LogP) is 6.29. The summed E-state index contributed by atoms with van der Waals surface area (Å²) in [6.45, 7) is -6.79. The van der Waals surface area contributed by atoms with Crippen LogP contribution >= 0.6 is 11.3 Å². The van der Waals surface area contributed by atoms with E-state index < -0.39 is 58.7 Å². The number of thiazole rings is 1. The third-order valence-corrected chi connectivity index (χ3v) is 7.18. The van der Waals surface area contributed by atoms with Gasteiger partial charge in [0.2, 0.25) is 5.60 Å². The van der Waals surface area contributed by atoms with E-state index in [1.54, 1.807) is 0 Å². The number of nitrogens with zero attached hydrogens (tertiary/aromatic N) is 2. The van der Waals surface area contributed by atoms with Crippen molar-refractivity contribution in [1.29, 1.82) is 0 Å². The van der Waals surface area contributed by atoms with E-state index in [1.807, 2.05) is 0 Å². The maximum atomic E-state index is 14.3. The van der Waals surface area contributed by atoms with E-state index in [9.17, 15) is 45.4 Å². The average Bonchev–Trinajstić information content (AvgIpc) is 3.38. The zero-order valence-corrected chi connectivity index (χ0v) is 21.2. The zero-order chi connectivity index (χ0) is 29.9. The zero-order valence-electron chi connectivity index (χ0n) is 20.4. The summed E-state index contributed by atoms with van der Waals surface area (Å²) in [6, 6.07) is 8.98. The molecule has 0 spiro atoms. The van der Waals surface area contributed by atoms with Gasteiger partial charge in [0, 0.05) is 24.2 Å². The van der Waals surface area contributed by atoms with Gasteiger partial charge < -0.3 is 19.8 Å². The van der Waals surface area contributed by atoms with Crippen molar-refractivity contribution in [2.75, 3.05) is 0 Å². The smallest absolute Gasteiger partial charge is 0.426 e. The van der Waals surface area contributed by atoms with E-state index in [4.69, 9.17) is 0 Å². The van der Waals surface area contributed by atoms with Gasteiger partial charge in [0.25, 0.3) is 0 Å². The van der Waals surface area contributed by atoms with Gasteiger partial charge in [0.05, 0.1) is 4.88 Å². The molecule has 2 aromatic carbocycles. The quantitative estimate of drug-likeness (QED) is 0.130. The lowest BCUT2D eigenvalue weighted by Crippen LogP contribution is -2.42. The van der Waals surface area contributed by atoms with Crippen LogP contribution in [0, 0.1) is 11.0 Å². The van der Waals surface area contributed by atoms with Crippen molar-refractivity contribution in [1.82, 2.24) is 4.98 Å². The molecule has 4 aromatic rings. The number of rotatable bonds is 10. The summed E-state index contributed by atoms with van der Waals surface area (Å²) in [6.07, 6.45) is -2.22. The Morgan fingerprint density at radius 1 is 0.902 bits per heavy atom. The number of aromatic nitrogens is 2. The lowest BCUT2D eigenvalue weighted by molar-refractivity contribution is -0.605. The third-order valence-electron chi connectivity index (χ3n) is 5.96. The summed E-state index contributed by atoms with van der Waals surface area (Å²) in [4.78, 5) is 3.39. The van der Waals surface area contributed by atoms with Crippen molar-refractivity contribution in [3.63, 3.8) is 0 Å². The van der Waals surface area contributed by atoms with Gasteiger partial charge >= 0.3 is 19.4 Å². The van der Waals surface area contributed by atoms with Crippen molar-refractivity contribution in [3.05, 3.63) is 111 Å². The molecule has 0 amide bonds. The highest BCUT2D eigenvalue weighted by Gasteiger charge is 2.57. The minimum atomic E-state index is -5.27. The monoisotopic (exact) mass is 606 g/mol. The molecule has 0 radical (unpaired) electrons. The van der Waals surface area contributed by atoms with Crippen molar-refractivity contribution >= 4 is 11.3 Å². The Bertz CT molecular complexity index is 1470. The van der Waals surface area contributed by atoms with Gasteiger partial charge in [-0.15, -0.1) is 11.3 Å². The molecule has 2 atom stereocenters. The second-order valence-corrected chi connectivity index (χ2v) is 9.63. The van der Waals surface area contributed by atoms with Crippen LogP contribution in [-0.4, -0.2) is 29.5 Å². The third kappa shape index (κ3) is 6.68. The number of halogens is 8. The van der Waals surface area contributed by atoms with Crippen LogP contribution < -0.4 is 14.2 Å². The Morgan fingerprint density at radius 2 is 1.51 bits per heavy atom. The molecule has 0 fully saturated rings. The first kappa shape index (κ1) is 30.0. The van der Waals surface area contributed by atoms with Gasteiger partial charge in [-0.05, 0) is 47.4 Å². The van der Waals surface area contributed by atoms with E-state index in [2.05, 4.69) is 14.5 Å². The SMILES string of the molecule is [O-][n+]1ccc(CC(c2ccc(OC(F)F)c(OC(F)F)c2)c2ncc(C(O)(c3ccc(F)cc3)C(F)(F)F)s2)cc1. The number of hydrogen-bond donors (Lipinski definition) is 1. The second-order valence-electron chi connectivity index (χ2n) is 8.56. The first-order chi connectivity index (χ1) is 19.3. The highest BCUT2D eigenvalue weighted by Crippen LogP contribution is 2.47. The molecule has 218 valence electrons. The fourth-order valence-corrected chi connectivity index (χ4v) is 5.22. The van der Waals surface area contributed by atoms with E-state index >= 15 is 0 Å². The molecule has 1 N–H and O–H groups in total. The van der Waals surface area contributed by atoms with Crippen LogP contribution in [0.25, 0.3) is 0 Å². The molecule has 0 aliphatic heterocycles. The number of benzene rings is 2. The van der Waals surface area contributed by atoms with Gasteiger partial charge in [0.15, 0.2) is 23.9 Å². The first-order valence-corrected chi connectivity index (χ1v) is 12.3. The number of hydrogen-bond acceptors (Lipinski definition) is 6. The molecule has 0 aliphatic rings. The average molecular weight is 606 g/mol. The van der Waals surface area contributed by atoms with Crippen molar-refractivity contribution < 1.29 is 54.4 Å². The lowest BCUT2D eigenvalue weighted by atomic mass is 9.91. The van der Waals surface area contributed by atoms with Gasteiger partial charge in [-0.2, -0.15) is 35.5 Å². The molecule has 2 heterocycles. The number of ether oxygens (including phenoxy) is 2. The molecule has 2 aromatic heterocycles. The topological polar surface area (TPSA) is 78.5 Å². The number of alkyl halides is 7. The molecule has 0 aliphatic carbocycles. The Kier molecular flexibility index (Phi) is 8.68. The van der Waals surface area contributed by atoms with Crippen molar-refractivity contribution in [2.45, 2.75) is 37.3 Å². The highest BCUT2D eigenvalue weighted by molar-refractivity contribution is 7.11. The summed E-state index contributed by atoms with van der Waals surface area (Å²) in [7, 11) is 0. The van der Waals surface area contributed by atoms with Gasteiger partial charge in [-0.1, -0.05) is 18.2 Å². The van der Waals surface area contributed by atoms with E-state index in [0.717, 1.165) is 55.0 Å². The summed E-state index contributed by atoms with van der Waals surface area (Å²) < 4.78 is 117. The van der Waals surface area contributed by atoms with Crippen LogP contribution in [0.15, 0.2) is 73.2 Å². The second kappa shape index (κ2) is 11.9. The van der Waals surface area contributed by atoms with Crippen LogP contribution in [0.3, 0.4) is 0 Å². The standard InChI is InChI=1S/C26H18F8N2O4S/c27-17-4-2-16(3-5-17)25(37,26(32,33)34)21-13-35-22(41-21)18(11-14-7-9-36(38)10-8-14)15-1-6-19(39-23(28)29)20(12-15)40-24(30)31/h1-10,12-13,18,23-24,37H,11H2. The van der Waals surface area contributed by atoms with Crippen LogP contribution in [0.2, 0.25) is 0 Å². The van der Waals surface area contributed by atoms with Crippen LogP contribution in [-0.2, 0) is 12.0 Å². The molecule has 0 bridgehead atoms. The highest BCUT2D eigenvalue weighted by atomic mass is 32.1. The van der Waals surface area contributed by atoms with Crippen LogP contribution in [0.1, 0.15) is 32.5 Å². The maximum absolute atomic E-state index is 14.3. The molecule has 4 rings (SSSR count). The van der Waals surface area contributed by atoms with E-state index in [0.29, 0.717) is 21.6 Å². The van der Waals surface area contributed by atoms with Gasteiger partial charge in [-0.3, -0.25) is 0 Å². The molecular weight excluding hydrogens is 588 g/mol. The largest absolute Gasteiger partial charge is 0.619 e. The van der Waals surface area contributed by atoms with Crippen molar-refractivity contribution in [2.24, 2.45) is 0 Å². The summed E-state index contributed by atoms with van der Waals surface area (Å²) in [5.74, 6) is -3.30. The molecule has 41 heavy (non-hydrogen) atoms. The van der Waals surface area contributed by atoms with Gasteiger partial charge in [0.1, 0.15) is 10.8 Å². The van der Waals surface area contributed by atoms with Crippen LogP contribution in [0.5, 0.6) is 11.5 Å². The Labute approximate surface area is 230 Å².